The predicted octanol–water partition coefficient (Wildman–Crippen LogP) is -0.0250. The highest BCUT2D eigenvalue weighted by molar-refractivity contribution is 5.86. The van der Waals surface area contributed by atoms with Crippen LogP contribution in [-0.2, 0) is 35.3 Å². The van der Waals surface area contributed by atoms with Crippen molar-refractivity contribution in [2.24, 2.45) is 5.73 Å². The number of amides is 2. The molecule has 28 heavy (non-hydrogen) atoms. The lowest BCUT2D eigenvalue weighted by atomic mass is 10.1. The van der Waals surface area contributed by atoms with Crippen molar-refractivity contribution in [1.82, 2.24) is 10.2 Å². The van der Waals surface area contributed by atoms with Crippen molar-refractivity contribution in [2.45, 2.75) is 31.9 Å². The molecular weight excluding hydrogens is 366 g/mol. The molecule has 1 aromatic rings. The van der Waals surface area contributed by atoms with E-state index in [2.05, 4.69) is 10.1 Å². The molecule has 0 saturated heterocycles. The molecule has 0 saturated carbocycles. The lowest BCUT2D eigenvalue weighted by Crippen LogP contribution is -2.43. The molecule has 2 amide bonds. The van der Waals surface area contributed by atoms with Crippen LogP contribution in [0.3, 0.4) is 0 Å². The number of benzene rings is 1. The van der Waals surface area contributed by atoms with Crippen LogP contribution in [0.1, 0.15) is 24.8 Å². The van der Waals surface area contributed by atoms with E-state index in [-0.39, 0.29) is 44.9 Å². The van der Waals surface area contributed by atoms with Crippen molar-refractivity contribution in [3.05, 3.63) is 35.9 Å². The number of carbonyl (C=O) groups excluding carboxylic acids is 4. The largest absolute Gasteiger partial charge is 0.467 e. The number of esters is 2. The van der Waals surface area contributed by atoms with Gasteiger partial charge in [-0.1, -0.05) is 30.3 Å². The molecule has 0 bridgehead atoms. The van der Waals surface area contributed by atoms with E-state index in [0.29, 0.717) is 0 Å². The molecule has 9 nitrogen and oxygen atoms in total. The van der Waals surface area contributed by atoms with Crippen LogP contribution in [0, 0.1) is 0 Å². The molecule has 0 fully saturated rings. The molecule has 0 heterocycles. The molecule has 1 atom stereocenters. The first kappa shape index (κ1) is 23.1. The molecule has 3 N–H and O–H groups in total. The molecule has 0 radical (unpaired) electrons. The number of carbonyl (C=O) groups is 4. The maximum atomic E-state index is 12.2. The van der Waals surface area contributed by atoms with Crippen LogP contribution in [0.25, 0.3) is 0 Å². The summed E-state index contributed by atoms with van der Waals surface area (Å²) in [7, 11) is 2.66. The molecule has 0 aromatic heterocycles. The molecule has 1 aromatic carbocycles. The lowest BCUT2D eigenvalue weighted by Gasteiger charge is -2.19. The van der Waals surface area contributed by atoms with Crippen LogP contribution in [0.2, 0.25) is 0 Å². The van der Waals surface area contributed by atoms with Gasteiger partial charge in [-0.05, 0) is 12.0 Å². The SMILES string of the molecule is COC(=O)C(CCC(=O)N(C)CC(=O)OCc1ccccc1)NC(=O)CCN. The predicted molar refractivity (Wildman–Crippen MR) is 101 cm³/mol. The molecule has 0 aliphatic rings. The summed E-state index contributed by atoms with van der Waals surface area (Å²) in [6, 6.07) is 8.23. The van der Waals surface area contributed by atoms with Gasteiger partial charge in [0.25, 0.3) is 0 Å². The lowest BCUT2D eigenvalue weighted by molar-refractivity contribution is -0.150. The Morgan fingerprint density at radius 3 is 2.43 bits per heavy atom. The molecule has 0 aliphatic heterocycles. The second-order valence-electron chi connectivity index (χ2n) is 6.12. The Morgan fingerprint density at radius 1 is 1.14 bits per heavy atom. The van der Waals surface area contributed by atoms with E-state index in [1.165, 1.54) is 19.1 Å². The Morgan fingerprint density at radius 2 is 1.82 bits per heavy atom. The van der Waals surface area contributed by atoms with E-state index in [1.807, 2.05) is 30.3 Å². The summed E-state index contributed by atoms with van der Waals surface area (Å²) in [5.41, 5.74) is 6.15. The number of rotatable bonds is 11. The van der Waals surface area contributed by atoms with Crippen LogP contribution in [-0.4, -0.2) is 61.9 Å². The van der Waals surface area contributed by atoms with Crippen molar-refractivity contribution >= 4 is 23.8 Å². The Kier molecular flexibility index (Phi) is 10.3. The van der Waals surface area contributed by atoms with Crippen molar-refractivity contribution < 1.29 is 28.7 Å². The van der Waals surface area contributed by atoms with E-state index in [1.54, 1.807) is 0 Å². The topological polar surface area (TPSA) is 128 Å². The first-order chi connectivity index (χ1) is 13.4. The first-order valence-electron chi connectivity index (χ1n) is 8.88. The third-order valence-corrected chi connectivity index (χ3v) is 3.87. The summed E-state index contributed by atoms with van der Waals surface area (Å²) in [5, 5.41) is 2.49. The summed E-state index contributed by atoms with van der Waals surface area (Å²) in [6.45, 7) is 0.0554. The highest BCUT2D eigenvalue weighted by atomic mass is 16.5. The number of hydrogen-bond acceptors (Lipinski definition) is 7. The standard InChI is InChI=1S/C19H27N3O6/c1-22(12-18(25)28-13-14-6-4-3-5-7-14)17(24)9-8-15(19(26)27-2)21-16(23)10-11-20/h3-7,15H,8-13,20H2,1-2H3,(H,21,23). The average Bonchev–Trinajstić information content (AvgIpc) is 2.69. The average molecular weight is 393 g/mol. The summed E-state index contributed by atoms with van der Waals surface area (Å²) >= 11 is 0. The number of nitrogens with two attached hydrogens (primary N) is 1. The zero-order valence-corrected chi connectivity index (χ0v) is 16.2. The second-order valence-corrected chi connectivity index (χ2v) is 6.12. The van der Waals surface area contributed by atoms with Gasteiger partial charge in [0.05, 0.1) is 7.11 Å². The van der Waals surface area contributed by atoms with Crippen LogP contribution in [0.4, 0.5) is 0 Å². The fraction of sp³-hybridized carbons (Fsp3) is 0.474. The van der Waals surface area contributed by atoms with E-state index in [0.717, 1.165) is 5.56 Å². The summed E-state index contributed by atoms with van der Waals surface area (Å²) in [5.74, 6) is -1.95. The maximum Gasteiger partial charge on any atom is 0.328 e. The van der Waals surface area contributed by atoms with Gasteiger partial charge in [0.2, 0.25) is 11.8 Å². The monoisotopic (exact) mass is 393 g/mol. The maximum absolute atomic E-state index is 12.2. The molecule has 9 heteroatoms. The first-order valence-corrected chi connectivity index (χ1v) is 8.88. The second kappa shape index (κ2) is 12.4. The van der Waals surface area contributed by atoms with E-state index in [9.17, 15) is 19.2 Å². The Hall–Kier alpha value is -2.94. The van der Waals surface area contributed by atoms with Gasteiger partial charge >= 0.3 is 11.9 Å². The number of nitrogens with zero attached hydrogens (tertiary/aromatic N) is 1. The molecular formula is C19H27N3O6. The zero-order chi connectivity index (χ0) is 20.9. The van der Waals surface area contributed by atoms with Crippen molar-refractivity contribution in [2.75, 3.05) is 27.2 Å². The molecule has 1 unspecified atom stereocenters. The van der Waals surface area contributed by atoms with Gasteiger partial charge in [0, 0.05) is 26.4 Å². The summed E-state index contributed by atoms with van der Waals surface area (Å²) < 4.78 is 9.77. The van der Waals surface area contributed by atoms with E-state index in [4.69, 9.17) is 10.5 Å². The van der Waals surface area contributed by atoms with Gasteiger partial charge < -0.3 is 25.4 Å². The van der Waals surface area contributed by atoms with Gasteiger partial charge in [-0.3, -0.25) is 14.4 Å². The molecule has 1 rings (SSSR count). The third-order valence-electron chi connectivity index (χ3n) is 3.87. The number of likely N-dealkylation sites (N-methyl/N-ethyl adjacent to an activating group) is 1. The minimum Gasteiger partial charge on any atom is -0.467 e. The number of ether oxygens (including phenoxy) is 2. The van der Waals surface area contributed by atoms with Crippen LogP contribution >= 0.6 is 0 Å². The van der Waals surface area contributed by atoms with Gasteiger partial charge in [0.1, 0.15) is 19.2 Å². The van der Waals surface area contributed by atoms with Gasteiger partial charge in [-0.25, -0.2) is 4.79 Å². The Bertz CT molecular complexity index is 665. The fourth-order valence-electron chi connectivity index (χ4n) is 2.31. The van der Waals surface area contributed by atoms with Crippen LogP contribution in [0.5, 0.6) is 0 Å². The smallest absolute Gasteiger partial charge is 0.328 e. The minimum atomic E-state index is -0.952. The van der Waals surface area contributed by atoms with Gasteiger partial charge in [0.15, 0.2) is 0 Å². The fourth-order valence-corrected chi connectivity index (χ4v) is 2.31. The number of nitrogens with one attached hydrogen (secondary N) is 1. The normalized spacial score (nSPS) is 11.2. The van der Waals surface area contributed by atoms with Crippen LogP contribution in [0.15, 0.2) is 30.3 Å². The minimum absolute atomic E-state index is 0.0468. The van der Waals surface area contributed by atoms with Crippen LogP contribution < -0.4 is 11.1 Å². The molecule has 0 aliphatic carbocycles. The van der Waals surface area contributed by atoms with Gasteiger partial charge in [-0.15, -0.1) is 0 Å². The Balaban J connectivity index is 2.44. The highest BCUT2D eigenvalue weighted by Gasteiger charge is 2.23. The Labute approximate surface area is 164 Å². The number of hydrogen-bond donors (Lipinski definition) is 2. The highest BCUT2D eigenvalue weighted by Crippen LogP contribution is 2.05. The summed E-state index contributed by atoms with van der Waals surface area (Å²) in [6.07, 6.45) is 0.0605. The van der Waals surface area contributed by atoms with E-state index < -0.39 is 23.9 Å². The van der Waals surface area contributed by atoms with Crippen molar-refractivity contribution in [3.63, 3.8) is 0 Å². The third kappa shape index (κ3) is 8.63. The van der Waals surface area contributed by atoms with Crippen molar-refractivity contribution in [1.29, 1.82) is 0 Å². The van der Waals surface area contributed by atoms with Gasteiger partial charge in [-0.2, -0.15) is 0 Å². The quantitative estimate of drug-likeness (QED) is 0.506. The summed E-state index contributed by atoms with van der Waals surface area (Å²) in [4.78, 5) is 48.7. The van der Waals surface area contributed by atoms with Crippen molar-refractivity contribution in [3.8, 4) is 0 Å². The molecule has 0 spiro atoms. The zero-order valence-electron chi connectivity index (χ0n) is 16.2. The molecule has 154 valence electrons. The number of methoxy groups -OCH3 is 1. The van der Waals surface area contributed by atoms with E-state index >= 15 is 0 Å².